The lowest BCUT2D eigenvalue weighted by Gasteiger charge is -2.50. The molecule has 6 nitrogen and oxygen atoms in total. The minimum atomic E-state index is -0.102. The fraction of sp³-hybridized carbons (Fsp3) is 0.526. The lowest BCUT2D eigenvalue weighted by molar-refractivity contribution is -0.154. The van der Waals surface area contributed by atoms with Crippen LogP contribution in [0.25, 0.3) is 0 Å². The molecular weight excluding hydrogens is 316 g/mol. The van der Waals surface area contributed by atoms with Gasteiger partial charge in [0.05, 0.1) is 12.5 Å². The summed E-state index contributed by atoms with van der Waals surface area (Å²) in [5, 5.41) is 0. The van der Waals surface area contributed by atoms with E-state index in [1.165, 1.54) is 5.56 Å². The van der Waals surface area contributed by atoms with E-state index in [2.05, 4.69) is 50.8 Å². The molecule has 1 atom stereocenters. The normalized spacial score (nSPS) is 22.7. The number of likely N-dealkylation sites (tertiary alicyclic amines) is 2. The zero-order valence-corrected chi connectivity index (χ0v) is 15.0. The maximum atomic E-state index is 12.5. The van der Waals surface area contributed by atoms with E-state index in [4.69, 9.17) is 4.74 Å². The molecule has 2 fully saturated rings. The summed E-state index contributed by atoms with van der Waals surface area (Å²) in [5.74, 6) is 0.462. The van der Waals surface area contributed by atoms with Crippen LogP contribution in [0, 0.1) is 11.3 Å². The number of guanidine groups is 1. The van der Waals surface area contributed by atoms with Crippen molar-refractivity contribution < 1.29 is 9.53 Å². The molecule has 2 aliphatic rings. The number of hydrogen-bond acceptors (Lipinski definition) is 4. The third-order valence-corrected chi connectivity index (χ3v) is 5.17. The van der Waals surface area contributed by atoms with Crippen molar-refractivity contribution in [1.82, 2.24) is 9.80 Å². The third-order valence-electron chi connectivity index (χ3n) is 5.17. The fourth-order valence-electron chi connectivity index (χ4n) is 4.09. The number of benzene rings is 1. The highest BCUT2D eigenvalue weighted by Crippen LogP contribution is 2.45. The van der Waals surface area contributed by atoms with Crippen molar-refractivity contribution >= 4 is 18.6 Å². The first-order chi connectivity index (χ1) is 12.1. The Morgan fingerprint density at radius 3 is 2.64 bits per heavy atom. The van der Waals surface area contributed by atoms with E-state index in [0.29, 0.717) is 12.6 Å². The predicted octanol–water partition coefficient (Wildman–Crippen LogP) is 1.67. The van der Waals surface area contributed by atoms with Gasteiger partial charge in [0.2, 0.25) is 5.96 Å². The van der Waals surface area contributed by atoms with Gasteiger partial charge in [-0.05, 0) is 19.2 Å². The lowest BCUT2D eigenvalue weighted by Crippen LogP contribution is -2.63. The molecule has 1 unspecified atom stereocenters. The number of aliphatic imine (C=N–C) groups is 2. The number of hydrogen-bond donors (Lipinski definition) is 0. The zero-order valence-electron chi connectivity index (χ0n) is 15.0. The minimum Gasteiger partial charge on any atom is -0.466 e. The van der Waals surface area contributed by atoms with Crippen molar-refractivity contribution in [2.24, 2.45) is 21.3 Å². The fourth-order valence-corrected chi connectivity index (χ4v) is 4.09. The Labute approximate surface area is 149 Å². The van der Waals surface area contributed by atoms with Gasteiger partial charge < -0.3 is 9.64 Å². The maximum absolute atomic E-state index is 12.5. The summed E-state index contributed by atoms with van der Waals surface area (Å²) in [7, 11) is 1.72. The molecule has 0 N–H and O–H groups in total. The van der Waals surface area contributed by atoms with Crippen LogP contribution >= 0.6 is 0 Å². The van der Waals surface area contributed by atoms with Gasteiger partial charge in [-0.2, -0.15) is 0 Å². The summed E-state index contributed by atoms with van der Waals surface area (Å²) in [4.78, 5) is 25.1. The molecule has 0 bridgehead atoms. The zero-order chi connectivity index (χ0) is 17.9. The molecule has 2 saturated heterocycles. The standard InChI is InChI=1S/C19H26N4O2/c1-4-25-17(24)16-11-22(10-15-8-6-5-7-9-15)12-19(16)13-23(14-19)18(20-2)21-3/h5-9,16H,2,4,10-14H2,1,3H3. The molecule has 1 spiro atoms. The Bertz CT molecular complexity index is 653. The summed E-state index contributed by atoms with van der Waals surface area (Å²) in [5.41, 5.74) is 1.18. The van der Waals surface area contributed by atoms with Crippen molar-refractivity contribution in [1.29, 1.82) is 0 Å². The van der Waals surface area contributed by atoms with Crippen molar-refractivity contribution in [3.63, 3.8) is 0 Å². The largest absolute Gasteiger partial charge is 0.466 e. The van der Waals surface area contributed by atoms with Crippen molar-refractivity contribution in [3.05, 3.63) is 35.9 Å². The van der Waals surface area contributed by atoms with Crippen LogP contribution in [0.15, 0.2) is 40.3 Å². The highest BCUT2D eigenvalue weighted by atomic mass is 16.5. The number of carbonyl (C=O) groups is 1. The second-order valence-electron chi connectivity index (χ2n) is 6.86. The van der Waals surface area contributed by atoms with E-state index in [1.54, 1.807) is 7.05 Å². The smallest absolute Gasteiger partial charge is 0.310 e. The molecule has 0 aromatic heterocycles. The Kier molecular flexibility index (Phi) is 5.18. The monoisotopic (exact) mass is 342 g/mol. The SMILES string of the molecule is C=NC(=NC)N1CC2(CN(Cc3ccccc3)CC2C(=O)OCC)C1. The van der Waals surface area contributed by atoms with Crippen LogP contribution in [-0.4, -0.2) is 68.3 Å². The van der Waals surface area contributed by atoms with Gasteiger partial charge in [-0.1, -0.05) is 30.3 Å². The van der Waals surface area contributed by atoms with Crippen LogP contribution in [0.3, 0.4) is 0 Å². The second kappa shape index (κ2) is 7.35. The van der Waals surface area contributed by atoms with Crippen LogP contribution in [0.1, 0.15) is 12.5 Å². The van der Waals surface area contributed by atoms with E-state index in [-0.39, 0.29) is 17.3 Å². The quantitative estimate of drug-likeness (QED) is 0.474. The maximum Gasteiger partial charge on any atom is 0.310 e. The predicted molar refractivity (Wildman–Crippen MR) is 98.8 cm³/mol. The molecular formula is C19H26N4O2. The minimum absolute atomic E-state index is 0.0817. The Hall–Kier alpha value is -2.21. The van der Waals surface area contributed by atoms with Crippen molar-refractivity contribution in [2.75, 3.05) is 39.8 Å². The van der Waals surface area contributed by atoms with Crippen LogP contribution in [0.4, 0.5) is 0 Å². The number of rotatable bonds is 4. The van der Waals surface area contributed by atoms with E-state index >= 15 is 0 Å². The van der Waals surface area contributed by atoms with Gasteiger partial charge in [0, 0.05) is 45.2 Å². The van der Waals surface area contributed by atoms with Crippen LogP contribution in [-0.2, 0) is 16.1 Å². The number of ether oxygens (including phenoxy) is 1. The topological polar surface area (TPSA) is 57.5 Å². The van der Waals surface area contributed by atoms with Crippen LogP contribution in [0.5, 0.6) is 0 Å². The number of nitrogens with zero attached hydrogens (tertiary/aromatic N) is 4. The number of carbonyl (C=O) groups excluding carboxylic acids is 1. The Morgan fingerprint density at radius 2 is 2.04 bits per heavy atom. The van der Waals surface area contributed by atoms with Gasteiger partial charge in [-0.25, -0.2) is 4.99 Å². The third kappa shape index (κ3) is 3.44. The van der Waals surface area contributed by atoms with E-state index in [9.17, 15) is 4.79 Å². The van der Waals surface area contributed by atoms with Gasteiger partial charge in [0.1, 0.15) is 0 Å². The van der Waals surface area contributed by atoms with Crippen LogP contribution in [0.2, 0.25) is 0 Å². The molecule has 2 aliphatic heterocycles. The van der Waals surface area contributed by atoms with E-state index in [1.807, 2.05) is 13.0 Å². The molecule has 1 aromatic carbocycles. The molecule has 134 valence electrons. The van der Waals surface area contributed by atoms with Gasteiger partial charge in [-0.15, -0.1) is 0 Å². The first-order valence-corrected chi connectivity index (χ1v) is 8.73. The molecule has 0 amide bonds. The lowest BCUT2D eigenvalue weighted by atomic mass is 9.71. The summed E-state index contributed by atoms with van der Waals surface area (Å²) in [6.45, 7) is 9.88. The molecule has 1 aromatic rings. The average Bonchev–Trinajstić information content (AvgIpc) is 2.96. The van der Waals surface area contributed by atoms with Crippen molar-refractivity contribution in [2.45, 2.75) is 13.5 Å². The summed E-state index contributed by atoms with van der Waals surface area (Å²) in [6.07, 6.45) is 0. The summed E-state index contributed by atoms with van der Waals surface area (Å²) >= 11 is 0. The Balaban J connectivity index is 1.73. The molecule has 0 aliphatic carbocycles. The molecule has 0 saturated carbocycles. The highest BCUT2D eigenvalue weighted by Gasteiger charge is 2.57. The van der Waals surface area contributed by atoms with Gasteiger partial charge in [0.25, 0.3) is 0 Å². The summed E-state index contributed by atoms with van der Waals surface area (Å²) in [6, 6.07) is 10.4. The second-order valence-corrected chi connectivity index (χ2v) is 6.86. The highest BCUT2D eigenvalue weighted by molar-refractivity contribution is 5.85. The molecule has 0 radical (unpaired) electrons. The van der Waals surface area contributed by atoms with Gasteiger partial charge in [-0.3, -0.25) is 14.7 Å². The van der Waals surface area contributed by atoms with Gasteiger partial charge in [0.15, 0.2) is 0 Å². The Morgan fingerprint density at radius 1 is 1.32 bits per heavy atom. The van der Waals surface area contributed by atoms with E-state index in [0.717, 1.165) is 32.7 Å². The molecule has 6 heteroatoms. The average molecular weight is 342 g/mol. The molecule has 3 rings (SSSR count). The van der Waals surface area contributed by atoms with Crippen molar-refractivity contribution in [3.8, 4) is 0 Å². The van der Waals surface area contributed by atoms with Gasteiger partial charge >= 0.3 is 5.97 Å². The van der Waals surface area contributed by atoms with Crippen LogP contribution < -0.4 is 0 Å². The molecule has 2 heterocycles. The summed E-state index contributed by atoms with van der Waals surface area (Å²) < 4.78 is 5.35. The molecule has 25 heavy (non-hydrogen) atoms. The first kappa shape index (κ1) is 17.6. The number of esters is 1. The van der Waals surface area contributed by atoms with E-state index < -0.39 is 0 Å². The first-order valence-electron chi connectivity index (χ1n) is 8.73.